The van der Waals surface area contributed by atoms with Crippen molar-refractivity contribution in [3.8, 4) is 23.1 Å². The van der Waals surface area contributed by atoms with Crippen molar-refractivity contribution < 1.29 is 33.4 Å². The average Bonchev–Trinajstić information content (AvgIpc) is 3.72. The number of methoxy groups -OCH3 is 1. The van der Waals surface area contributed by atoms with E-state index in [2.05, 4.69) is 21.8 Å². The van der Waals surface area contributed by atoms with Crippen LogP contribution in [0, 0.1) is 35.5 Å². The Morgan fingerprint density at radius 3 is 2.20 bits per heavy atom. The second kappa shape index (κ2) is 19.8. The molecule has 7 atom stereocenters. The van der Waals surface area contributed by atoms with E-state index < -0.39 is 53.5 Å². The number of Topliss-reactive ketones (excluding diaryl/α,β-unsaturated/α-hetero) is 2. The Balaban J connectivity index is 0.00000129. The Morgan fingerprint density at radius 2 is 1.61 bits per heavy atom. The second-order valence-corrected chi connectivity index (χ2v) is 12.9. The minimum atomic E-state index is -0.968. The number of pyridine rings is 1. The molecular formula is C38H56N4O7. The summed E-state index contributed by atoms with van der Waals surface area (Å²) < 4.78 is 19.0. The van der Waals surface area contributed by atoms with Gasteiger partial charge in [-0.1, -0.05) is 34.6 Å². The first-order valence-electron chi connectivity index (χ1n) is 17.4. The van der Waals surface area contributed by atoms with Gasteiger partial charge in [0.15, 0.2) is 6.10 Å². The summed E-state index contributed by atoms with van der Waals surface area (Å²) >= 11 is 0. The van der Waals surface area contributed by atoms with Gasteiger partial charge in [0.25, 0.3) is 0 Å². The van der Waals surface area contributed by atoms with Crippen LogP contribution >= 0.6 is 0 Å². The number of amides is 1. The van der Waals surface area contributed by atoms with Crippen LogP contribution in [0.1, 0.15) is 88.0 Å². The van der Waals surface area contributed by atoms with Gasteiger partial charge in [-0.15, -0.1) is 11.8 Å². The van der Waals surface area contributed by atoms with E-state index in [0.29, 0.717) is 32.4 Å². The fourth-order valence-electron chi connectivity index (χ4n) is 6.47. The highest BCUT2D eigenvalue weighted by Gasteiger charge is 2.48. The second-order valence-electron chi connectivity index (χ2n) is 12.9. The Kier molecular flexibility index (Phi) is 16.6. The first-order chi connectivity index (χ1) is 23.3. The van der Waals surface area contributed by atoms with Crippen LogP contribution in [0.4, 0.5) is 4.79 Å². The van der Waals surface area contributed by atoms with E-state index in [4.69, 9.17) is 14.2 Å². The molecule has 0 radical (unpaired) electrons. The van der Waals surface area contributed by atoms with E-state index in [1.165, 1.54) is 6.92 Å². The average molecular weight is 681 g/mol. The van der Waals surface area contributed by atoms with E-state index in [0.717, 1.165) is 17.7 Å². The number of cyclic esters (lactones) is 1. The predicted molar refractivity (Wildman–Crippen MR) is 188 cm³/mol. The van der Waals surface area contributed by atoms with Crippen LogP contribution in [0.3, 0.4) is 0 Å². The molecule has 49 heavy (non-hydrogen) atoms. The van der Waals surface area contributed by atoms with Gasteiger partial charge >= 0.3 is 12.1 Å². The van der Waals surface area contributed by atoms with Crippen LogP contribution in [0.25, 0.3) is 11.3 Å². The van der Waals surface area contributed by atoms with Crippen molar-refractivity contribution in [3.05, 3.63) is 37.1 Å². The van der Waals surface area contributed by atoms with Crippen LogP contribution in [-0.4, -0.2) is 81.1 Å². The fraction of sp³-hybridized carbons (Fsp3) is 0.632. The zero-order chi connectivity index (χ0) is 36.7. The molecule has 270 valence electrons. The Hall–Kier alpha value is -4.04. The molecule has 0 bridgehead atoms. The van der Waals surface area contributed by atoms with E-state index in [9.17, 15) is 19.2 Å². The van der Waals surface area contributed by atoms with Crippen LogP contribution in [0.15, 0.2) is 37.1 Å². The SMILES string of the molecule is CC.CC#CC.CO[C@@]1(C)C[C@@H](C)C(=O)C(C)C(=O)OCC2OC(=O)N(CCCCn3cnc(-c4cccnc4)c3)C2C(C)C(=O)[C@H](C)C1. The van der Waals surface area contributed by atoms with Crippen LogP contribution in [0.5, 0.6) is 0 Å². The fourth-order valence-corrected chi connectivity index (χ4v) is 6.47. The van der Waals surface area contributed by atoms with Crippen LogP contribution in [0.2, 0.25) is 0 Å². The van der Waals surface area contributed by atoms with Crippen molar-refractivity contribution in [2.45, 2.75) is 112 Å². The number of imidazole rings is 1. The van der Waals surface area contributed by atoms with Gasteiger partial charge < -0.3 is 23.7 Å². The zero-order valence-electron chi connectivity index (χ0n) is 31.0. The van der Waals surface area contributed by atoms with Gasteiger partial charge in [-0.2, -0.15) is 0 Å². The Morgan fingerprint density at radius 1 is 0.980 bits per heavy atom. The molecule has 0 aliphatic carbocycles. The number of ketones is 2. The summed E-state index contributed by atoms with van der Waals surface area (Å²) in [5, 5.41) is 0. The topological polar surface area (TPSA) is 130 Å². The number of aryl methyl sites for hydroxylation is 1. The lowest BCUT2D eigenvalue weighted by Gasteiger charge is -2.36. The lowest BCUT2D eigenvalue weighted by Crippen LogP contribution is -2.48. The first-order valence-corrected chi connectivity index (χ1v) is 17.4. The highest BCUT2D eigenvalue weighted by Crippen LogP contribution is 2.34. The number of esters is 1. The number of hydrogen-bond donors (Lipinski definition) is 0. The third-order valence-electron chi connectivity index (χ3n) is 9.20. The number of fused-ring (bicyclic) bond motifs is 1. The third-order valence-corrected chi connectivity index (χ3v) is 9.20. The molecular weight excluding hydrogens is 624 g/mol. The molecule has 2 fully saturated rings. The normalized spacial score (nSPS) is 27.5. The molecule has 11 heteroatoms. The molecule has 4 rings (SSSR count). The largest absolute Gasteiger partial charge is 0.461 e. The van der Waals surface area contributed by atoms with Crippen molar-refractivity contribution in [3.63, 3.8) is 0 Å². The number of carbonyl (C=O) groups is 4. The monoisotopic (exact) mass is 680 g/mol. The Bertz CT molecular complexity index is 1430. The number of nitrogens with zero attached hydrogens (tertiary/aromatic N) is 4. The summed E-state index contributed by atoms with van der Waals surface area (Å²) in [6.07, 6.45) is 8.07. The molecule has 0 N–H and O–H groups in total. The molecule has 0 spiro atoms. The number of unbranched alkanes of at least 4 members (excludes halogenated alkanes) is 1. The summed E-state index contributed by atoms with van der Waals surface area (Å²) in [7, 11) is 1.57. The lowest BCUT2D eigenvalue weighted by molar-refractivity contribution is -0.155. The highest BCUT2D eigenvalue weighted by molar-refractivity contribution is 5.99. The molecule has 2 aromatic rings. The third kappa shape index (κ3) is 11.2. The molecule has 4 heterocycles. The minimum absolute atomic E-state index is 0.0290. The predicted octanol–water partition coefficient (Wildman–Crippen LogP) is 6.40. The van der Waals surface area contributed by atoms with Gasteiger partial charge in [0.2, 0.25) is 0 Å². The van der Waals surface area contributed by atoms with Crippen LogP contribution in [-0.2, 0) is 35.1 Å². The Labute approximate surface area is 292 Å². The summed E-state index contributed by atoms with van der Waals surface area (Å²) in [6.45, 7) is 17.4. The molecule has 0 saturated carbocycles. The van der Waals surface area contributed by atoms with Crippen LogP contribution < -0.4 is 0 Å². The van der Waals surface area contributed by atoms with Crippen molar-refractivity contribution in [1.29, 1.82) is 0 Å². The van der Waals surface area contributed by atoms with Crippen molar-refractivity contribution in [1.82, 2.24) is 19.4 Å². The van der Waals surface area contributed by atoms with Gasteiger partial charge in [-0.25, -0.2) is 9.78 Å². The maximum Gasteiger partial charge on any atom is 0.410 e. The maximum absolute atomic E-state index is 13.8. The minimum Gasteiger partial charge on any atom is -0.461 e. The number of carbonyl (C=O) groups excluding carboxylic acids is 4. The van der Waals surface area contributed by atoms with Crippen molar-refractivity contribution in [2.75, 3.05) is 20.3 Å². The van der Waals surface area contributed by atoms with E-state index in [-0.39, 0.29) is 18.2 Å². The molecule has 2 aliphatic heterocycles. The van der Waals surface area contributed by atoms with Gasteiger partial charge in [0.1, 0.15) is 24.1 Å². The molecule has 2 aromatic heterocycles. The quantitative estimate of drug-likeness (QED) is 0.141. The number of hydrogen-bond acceptors (Lipinski definition) is 9. The van der Waals surface area contributed by atoms with E-state index >= 15 is 0 Å². The number of ether oxygens (including phenoxy) is 3. The number of rotatable bonds is 7. The van der Waals surface area contributed by atoms with E-state index in [1.807, 2.05) is 71.4 Å². The molecule has 4 unspecified atom stereocenters. The molecule has 2 aliphatic rings. The van der Waals surface area contributed by atoms with Crippen molar-refractivity contribution in [2.24, 2.45) is 23.7 Å². The lowest BCUT2D eigenvalue weighted by atomic mass is 9.77. The van der Waals surface area contributed by atoms with Crippen molar-refractivity contribution >= 4 is 23.6 Å². The summed E-state index contributed by atoms with van der Waals surface area (Å²) in [6, 6.07) is 3.21. The molecule has 11 nitrogen and oxygen atoms in total. The maximum atomic E-state index is 13.8. The highest BCUT2D eigenvalue weighted by atomic mass is 16.6. The molecule has 1 amide bonds. The molecule has 2 saturated heterocycles. The van der Waals surface area contributed by atoms with Gasteiger partial charge in [0.05, 0.1) is 23.7 Å². The summed E-state index contributed by atoms with van der Waals surface area (Å²) in [4.78, 5) is 63.0. The number of aromatic nitrogens is 3. The van der Waals surface area contributed by atoms with Gasteiger partial charge in [-0.3, -0.25) is 19.4 Å². The summed E-state index contributed by atoms with van der Waals surface area (Å²) in [5.41, 5.74) is 1.03. The first kappa shape index (κ1) is 41.1. The molecule has 0 aromatic carbocycles. The zero-order valence-corrected chi connectivity index (χ0v) is 31.0. The van der Waals surface area contributed by atoms with E-state index in [1.54, 1.807) is 37.7 Å². The van der Waals surface area contributed by atoms with Gasteiger partial charge in [0, 0.05) is 62.1 Å². The standard InChI is InChI=1S/C32H44N4O7.C4H6.C2H6/c1-20-14-32(5,41-6)15-21(2)29(38)23(4)30(39)42-18-26-27(22(3)28(20)37)36(31(40)43-26)13-8-7-12-35-17-25(34-19-35)24-10-9-11-33-16-24;1-3-4-2;1-2/h9-11,16-17,19-23,26-27H,7-8,12-15,18H2,1-6H3;1-2H3;1-2H3/t20-,21-,22?,23?,26?,27?,32-;;/m1../s1. The summed E-state index contributed by atoms with van der Waals surface area (Å²) in [5.74, 6) is 2.03. The van der Waals surface area contributed by atoms with Gasteiger partial charge in [-0.05, 0) is 65.5 Å². The smallest absolute Gasteiger partial charge is 0.410 e.